The van der Waals surface area contributed by atoms with Crippen molar-refractivity contribution in [3.8, 4) is 11.3 Å². The molecule has 6 nitrogen and oxygen atoms in total. The Labute approximate surface area is 162 Å². The van der Waals surface area contributed by atoms with Crippen LogP contribution in [0, 0.1) is 13.8 Å². The topological polar surface area (TPSA) is 72.7 Å². The minimum absolute atomic E-state index is 0.283. The highest BCUT2D eigenvalue weighted by Crippen LogP contribution is 2.25. The van der Waals surface area contributed by atoms with Gasteiger partial charge in [-0.2, -0.15) is 5.10 Å². The standard InChI is InChI=1S/C21H20FN5O/c1-5-16(22)11-15-6-7-18(25-14(15)3)17-12-23-20(10-13(17)2)26-21(28)19-8-9-24-27(19)4/h5-12H,1H2,2-4H3,(H,23,26,28)/b16-11+. The minimum atomic E-state index is -0.413. The molecule has 0 aliphatic heterocycles. The number of hydrogen-bond donors (Lipinski definition) is 1. The van der Waals surface area contributed by atoms with E-state index in [1.165, 1.54) is 10.8 Å². The normalized spacial score (nSPS) is 11.4. The number of allylic oxidation sites excluding steroid dienone is 2. The van der Waals surface area contributed by atoms with Crippen LogP contribution in [-0.2, 0) is 7.05 Å². The van der Waals surface area contributed by atoms with Crippen LogP contribution in [0.5, 0.6) is 0 Å². The van der Waals surface area contributed by atoms with Crippen LogP contribution < -0.4 is 5.32 Å². The van der Waals surface area contributed by atoms with E-state index in [2.05, 4.69) is 27.0 Å². The van der Waals surface area contributed by atoms with E-state index in [-0.39, 0.29) is 5.91 Å². The van der Waals surface area contributed by atoms with Gasteiger partial charge in [-0.25, -0.2) is 9.37 Å². The number of carbonyl (C=O) groups is 1. The van der Waals surface area contributed by atoms with Crippen LogP contribution in [0.25, 0.3) is 17.3 Å². The molecule has 3 aromatic heterocycles. The van der Waals surface area contributed by atoms with Crippen molar-refractivity contribution in [3.05, 3.63) is 77.7 Å². The summed E-state index contributed by atoms with van der Waals surface area (Å²) in [6, 6.07) is 7.03. The average Bonchev–Trinajstić information content (AvgIpc) is 3.09. The number of halogens is 1. The van der Waals surface area contributed by atoms with Gasteiger partial charge in [-0.1, -0.05) is 12.6 Å². The van der Waals surface area contributed by atoms with Crippen LogP contribution in [0.1, 0.15) is 27.3 Å². The number of aromatic nitrogens is 4. The van der Waals surface area contributed by atoms with E-state index in [0.29, 0.717) is 22.8 Å². The number of nitrogens with one attached hydrogen (secondary N) is 1. The van der Waals surface area contributed by atoms with Crippen molar-refractivity contribution < 1.29 is 9.18 Å². The average molecular weight is 377 g/mol. The maximum absolute atomic E-state index is 13.4. The molecule has 0 aromatic carbocycles. The highest BCUT2D eigenvalue weighted by molar-refractivity contribution is 6.02. The Balaban J connectivity index is 1.84. The van der Waals surface area contributed by atoms with Gasteiger partial charge in [0.05, 0.1) is 5.69 Å². The molecule has 0 aliphatic carbocycles. The lowest BCUT2D eigenvalue weighted by Crippen LogP contribution is -2.17. The highest BCUT2D eigenvalue weighted by atomic mass is 19.1. The third-order valence-corrected chi connectivity index (χ3v) is 4.30. The molecular formula is C21H20FN5O. The van der Waals surface area contributed by atoms with Crippen LogP contribution in [-0.4, -0.2) is 25.7 Å². The Hall–Kier alpha value is -3.61. The summed E-state index contributed by atoms with van der Waals surface area (Å²) in [5, 5.41) is 6.75. The maximum Gasteiger partial charge on any atom is 0.275 e. The van der Waals surface area contributed by atoms with Crippen LogP contribution in [0.4, 0.5) is 10.2 Å². The van der Waals surface area contributed by atoms with Crippen molar-refractivity contribution in [1.29, 1.82) is 0 Å². The van der Waals surface area contributed by atoms with Crippen molar-refractivity contribution in [2.24, 2.45) is 7.05 Å². The second-order valence-corrected chi connectivity index (χ2v) is 6.28. The molecule has 0 saturated carbocycles. The molecule has 0 bridgehead atoms. The predicted octanol–water partition coefficient (Wildman–Crippen LogP) is 4.24. The number of aryl methyl sites for hydroxylation is 3. The van der Waals surface area contributed by atoms with E-state index in [1.807, 2.05) is 19.9 Å². The maximum atomic E-state index is 13.4. The number of hydrogen-bond acceptors (Lipinski definition) is 4. The van der Waals surface area contributed by atoms with E-state index in [0.717, 1.165) is 22.9 Å². The molecule has 3 rings (SSSR count). The van der Waals surface area contributed by atoms with E-state index < -0.39 is 5.83 Å². The highest BCUT2D eigenvalue weighted by Gasteiger charge is 2.13. The van der Waals surface area contributed by atoms with Gasteiger partial charge in [0.2, 0.25) is 0 Å². The fraction of sp³-hybridized carbons (Fsp3) is 0.143. The second-order valence-electron chi connectivity index (χ2n) is 6.28. The largest absolute Gasteiger partial charge is 0.305 e. The van der Waals surface area contributed by atoms with Gasteiger partial charge in [0, 0.05) is 30.7 Å². The van der Waals surface area contributed by atoms with Gasteiger partial charge >= 0.3 is 0 Å². The smallest absolute Gasteiger partial charge is 0.275 e. The quantitative estimate of drug-likeness (QED) is 0.675. The summed E-state index contributed by atoms with van der Waals surface area (Å²) in [5.74, 6) is -0.255. The number of carbonyl (C=O) groups excluding carboxylic acids is 1. The number of nitrogens with zero attached hydrogens (tertiary/aromatic N) is 4. The number of anilines is 1. The van der Waals surface area contributed by atoms with Gasteiger partial charge in [0.15, 0.2) is 0 Å². The monoisotopic (exact) mass is 377 g/mol. The lowest BCUT2D eigenvalue weighted by molar-refractivity contribution is 0.101. The predicted molar refractivity (Wildman–Crippen MR) is 107 cm³/mol. The van der Waals surface area contributed by atoms with E-state index >= 15 is 0 Å². The second kappa shape index (κ2) is 7.96. The summed E-state index contributed by atoms with van der Waals surface area (Å²) < 4.78 is 14.9. The molecule has 3 aromatic rings. The summed E-state index contributed by atoms with van der Waals surface area (Å²) in [7, 11) is 1.70. The zero-order valence-electron chi connectivity index (χ0n) is 15.9. The summed E-state index contributed by atoms with van der Waals surface area (Å²) in [6.45, 7) is 7.14. The number of pyridine rings is 2. The molecule has 28 heavy (non-hydrogen) atoms. The summed E-state index contributed by atoms with van der Waals surface area (Å²) in [6.07, 6.45) is 5.77. The van der Waals surface area contributed by atoms with Gasteiger partial charge in [-0.3, -0.25) is 14.5 Å². The zero-order valence-corrected chi connectivity index (χ0v) is 15.9. The first kappa shape index (κ1) is 19.2. The van der Waals surface area contributed by atoms with E-state index in [9.17, 15) is 9.18 Å². The first-order valence-corrected chi connectivity index (χ1v) is 8.62. The van der Waals surface area contributed by atoms with E-state index in [1.54, 1.807) is 37.6 Å². The van der Waals surface area contributed by atoms with Crippen LogP contribution in [0.3, 0.4) is 0 Å². The molecule has 0 aliphatic rings. The van der Waals surface area contributed by atoms with Gasteiger partial charge in [-0.05, 0) is 55.3 Å². The van der Waals surface area contributed by atoms with Gasteiger partial charge < -0.3 is 5.32 Å². The fourth-order valence-corrected chi connectivity index (χ4v) is 2.75. The van der Waals surface area contributed by atoms with Crippen molar-refractivity contribution in [2.75, 3.05) is 5.32 Å². The summed E-state index contributed by atoms with van der Waals surface area (Å²) in [5.41, 5.74) is 4.29. The molecule has 0 saturated heterocycles. The van der Waals surface area contributed by atoms with Crippen LogP contribution in [0.2, 0.25) is 0 Å². The fourth-order valence-electron chi connectivity index (χ4n) is 2.75. The van der Waals surface area contributed by atoms with Crippen LogP contribution in [0.15, 0.2) is 55.1 Å². The summed E-state index contributed by atoms with van der Waals surface area (Å²) in [4.78, 5) is 21.2. The Morgan fingerprint density at radius 3 is 2.68 bits per heavy atom. The van der Waals surface area contributed by atoms with Crippen LogP contribution >= 0.6 is 0 Å². The molecule has 7 heteroatoms. The number of amides is 1. The van der Waals surface area contributed by atoms with Gasteiger partial charge in [0.25, 0.3) is 5.91 Å². The molecule has 3 heterocycles. The molecule has 0 unspecified atom stereocenters. The molecule has 1 amide bonds. The van der Waals surface area contributed by atoms with Crippen molar-refractivity contribution in [2.45, 2.75) is 13.8 Å². The van der Waals surface area contributed by atoms with E-state index in [4.69, 9.17) is 0 Å². The Morgan fingerprint density at radius 1 is 1.29 bits per heavy atom. The Kier molecular flexibility index (Phi) is 5.44. The van der Waals surface area contributed by atoms with Gasteiger partial charge in [0.1, 0.15) is 17.3 Å². The molecule has 0 fully saturated rings. The Morgan fingerprint density at radius 2 is 2.07 bits per heavy atom. The molecule has 0 atom stereocenters. The van der Waals surface area contributed by atoms with Crippen molar-refractivity contribution in [1.82, 2.24) is 19.7 Å². The molecule has 142 valence electrons. The molecule has 0 radical (unpaired) electrons. The Bertz CT molecular complexity index is 1080. The molecule has 0 spiro atoms. The minimum Gasteiger partial charge on any atom is -0.305 e. The lowest BCUT2D eigenvalue weighted by atomic mass is 10.1. The SMILES string of the molecule is C=C/C(F)=C\c1ccc(-c2cnc(NC(=O)c3ccnn3C)cc2C)nc1C. The van der Waals surface area contributed by atoms with Crippen molar-refractivity contribution >= 4 is 17.8 Å². The first-order valence-electron chi connectivity index (χ1n) is 8.62. The summed E-state index contributed by atoms with van der Waals surface area (Å²) >= 11 is 0. The third-order valence-electron chi connectivity index (χ3n) is 4.30. The zero-order chi connectivity index (χ0) is 20.3. The molecular weight excluding hydrogens is 357 g/mol. The lowest BCUT2D eigenvalue weighted by Gasteiger charge is -2.10. The first-order chi connectivity index (χ1) is 13.4. The molecule has 1 N–H and O–H groups in total. The number of rotatable bonds is 5. The van der Waals surface area contributed by atoms with Crippen molar-refractivity contribution in [3.63, 3.8) is 0 Å². The third kappa shape index (κ3) is 4.03. The van der Waals surface area contributed by atoms with Gasteiger partial charge in [-0.15, -0.1) is 0 Å².